The van der Waals surface area contributed by atoms with E-state index < -0.39 is 5.97 Å². The van der Waals surface area contributed by atoms with Crippen molar-refractivity contribution < 1.29 is 18.7 Å². The molecule has 0 aliphatic carbocycles. The summed E-state index contributed by atoms with van der Waals surface area (Å²) in [4.78, 5) is 23.2. The Morgan fingerprint density at radius 2 is 1.68 bits per heavy atom. The number of fused-ring (bicyclic) bond motifs is 1. The van der Waals surface area contributed by atoms with E-state index in [0.29, 0.717) is 16.9 Å². The summed E-state index contributed by atoms with van der Waals surface area (Å²) >= 11 is 0. The molecule has 22 heavy (non-hydrogen) atoms. The molecule has 3 aromatic rings. The highest BCUT2D eigenvalue weighted by atomic mass is 16.5. The van der Waals surface area contributed by atoms with Crippen LogP contribution in [0, 0.1) is 0 Å². The number of esters is 1. The second kappa shape index (κ2) is 5.85. The molecule has 3 rings (SSSR count). The fourth-order valence-corrected chi connectivity index (χ4v) is 2.17. The van der Waals surface area contributed by atoms with E-state index in [9.17, 15) is 9.59 Å². The van der Waals surface area contributed by atoms with Gasteiger partial charge in [0.05, 0.1) is 5.56 Å². The number of ether oxygens (including phenoxy) is 1. The molecule has 0 spiro atoms. The van der Waals surface area contributed by atoms with Crippen molar-refractivity contribution in [2.45, 2.75) is 13.5 Å². The van der Waals surface area contributed by atoms with E-state index in [2.05, 4.69) is 0 Å². The molecule has 0 saturated carbocycles. The molecule has 0 radical (unpaired) electrons. The average molecular weight is 294 g/mol. The maximum Gasteiger partial charge on any atom is 0.338 e. The molecule has 0 atom stereocenters. The fraction of sp³-hybridized carbons (Fsp3) is 0.111. The summed E-state index contributed by atoms with van der Waals surface area (Å²) in [5.41, 5.74) is 1.73. The molecule has 110 valence electrons. The van der Waals surface area contributed by atoms with Crippen LogP contribution in [0.3, 0.4) is 0 Å². The van der Waals surface area contributed by atoms with Gasteiger partial charge in [0.2, 0.25) is 0 Å². The Morgan fingerprint density at radius 1 is 1.00 bits per heavy atom. The largest absolute Gasteiger partial charge is 0.457 e. The second-order valence-electron chi connectivity index (χ2n) is 4.96. The third-order valence-corrected chi connectivity index (χ3v) is 3.35. The highest BCUT2D eigenvalue weighted by Gasteiger charge is 2.10. The van der Waals surface area contributed by atoms with Crippen LogP contribution in [0.5, 0.6) is 0 Å². The molecule has 0 N–H and O–H groups in total. The molecule has 4 heteroatoms. The molecule has 2 aromatic carbocycles. The van der Waals surface area contributed by atoms with Crippen LogP contribution in [-0.2, 0) is 11.3 Å². The summed E-state index contributed by atoms with van der Waals surface area (Å²) in [6.45, 7) is 1.55. The highest BCUT2D eigenvalue weighted by Crippen LogP contribution is 2.19. The van der Waals surface area contributed by atoms with Gasteiger partial charge in [0.15, 0.2) is 5.78 Å². The number of para-hydroxylation sites is 1. The number of carbonyl (C=O) groups is 2. The van der Waals surface area contributed by atoms with Crippen molar-refractivity contribution in [1.29, 1.82) is 0 Å². The second-order valence-corrected chi connectivity index (χ2v) is 4.96. The van der Waals surface area contributed by atoms with Gasteiger partial charge in [0.25, 0.3) is 0 Å². The topological polar surface area (TPSA) is 56.5 Å². The van der Waals surface area contributed by atoms with Gasteiger partial charge in [-0.15, -0.1) is 0 Å². The molecule has 0 unspecified atom stereocenters. The first-order valence-corrected chi connectivity index (χ1v) is 6.89. The van der Waals surface area contributed by atoms with Crippen LogP contribution < -0.4 is 0 Å². The lowest BCUT2D eigenvalue weighted by Gasteiger charge is -2.03. The third-order valence-electron chi connectivity index (χ3n) is 3.35. The molecule has 0 bridgehead atoms. The summed E-state index contributed by atoms with van der Waals surface area (Å²) in [7, 11) is 0. The van der Waals surface area contributed by atoms with E-state index in [1.807, 2.05) is 30.3 Å². The minimum absolute atomic E-state index is 0.0396. The lowest BCUT2D eigenvalue weighted by atomic mass is 10.1. The monoisotopic (exact) mass is 294 g/mol. The molecule has 0 aliphatic rings. The zero-order valence-corrected chi connectivity index (χ0v) is 12.0. The maximum absolute atomic E-state index is 12.0. The highest BCUT2D eigenvalue weighted by molar-refractivity contribution is 5.96. The molecule has 4 nitrogen and oxygen atoms in total. The first-order chi connectivity index (χ1) is 10.6. The average Bonchev–Trinajstić information content (AvgIpc) is 2.95. The first kappa shape index (κ1) is 14.1. The Labute approximate surface area is 127 Å². The molecule has 1 heterocycles. The Bertz CT molecular complexity index is 795. The summed E-state index contributed by atoms with van der Waals surface area (Å²) in [6, 6.07) is 15.8. The normalized spacial score (nSPS) is 10.6. The minimum atomic E-state index is -0.449. The Morgan fingerprint density at radius 3 is 2.36 bits per heavy atom. The molecule has 0 amide bonds. The zero-order chi connectivity index (χ0) is 15.5. The Kier molecular flexibility index (Phi) is 3.74. The molecule has 0 fully saturated rings. The number of rotatable bonds is 4. The lowest BCUT2D eigenvalue weighted by Crippen LogP contribution is -2.05. The van der Waals surface area contributed by atoms with Crippen LogP contribution in [0.1, 0.15) is 33.4 Å². The Hall–Kier alpha value is -2.88. The van der Waals surface area contributed by atoms with Crippen LogP contribution in [-0.4, -0.2) is 11.8 Å². The van der Waals surface area contributed by atoms with Crippen LogP contribution in [0.4, 0.5) is 0 Å². The summed E-state index contributed by atoms with van der Waals surface area (Å²) < 4.78 is 10.8. The van der Waals surface area contributed by atoms with E-state index >= 15 is 0 Å². The number of ketones is 1. The summed E-state index contributed by atoms with van der Waals surface area (Å²) in [5, 5.41) is 0.972. The van der Waals surface area contributed by atoms with Crippen LogP contribution in [0.2, 0.25) is 0 Å². The van der Waals surface area contributed by atoms with Gasteiger partial charge in [-0.1, -0.05) is 30.3 Å². The zero-order valence-electron chi connectivity index (χ0n) is 12.0. The Balaban J connectivity index is 1.67. The predicted molar refractivity (Wildman–Crippen MR) is 81.8 cm³/mol. The van der Waals surface area contributed by atoms with Gasteiger partial charge >= 0.3 is 5.97 Å². The third kappa shape index (κ3) is 2.91. The number of carbonyl (C=O) groups excluding carboxylic acids is 2. The molecular weight excluding hydrogens is 280 g/mol. The van der Waals surface area contributed by atoms with Crippen molar-refractivity contribution in [3.8, 4) is 0 Å². The van der Waals surface area contributed by atoms with Crippen molar-refractivity contribution in [2.24, 2.45) is 0 Å². The quantitative estimate of drug-likeness (QED) is 0.539. The van der Waals surface area contributed by atoms with Gasteiger partial charge in [0, 0.05) is 10.9 Å². The van der Waals surface area contributed by atoms with Crippen molar-refractivity contribution >= 4 is 22.7 Å². The fourth-order valence-electron chi connectivity index (χ4n) is 2.17. The van der Waals surface area contributed by atoms with Gasteiger partial charge in [-0.3, -0.25) is 4.79 Å². The van der Waals surface area contributed by atoms with Crippen molar-refractivity contribution in [3.63, 3.8) is 0 Å². The van der Waals surface area contributed by atoms with E-state index in [-0.39, 0.29) is 12.4 Å². The minimum Gasteiger partial charge on any atom is -0.457 e. The lowest BCUT2D eigenvalue weighted by molar-refractivity contribution is 0.0447. The van der Waals surface area contributed by atoms with Gasteiger partial charge in [-0.05, 0) is 31.2 Å². The molecule has 0 saturated heterocycles. The first-order valence-electron chi connectivity index (χ1n) is 6.89. The number of Topliss-reactive ketones (excluding diaryl/α,β-unsaturated/α-hetero) is 1. The van der Waals surface area contributed by atoms with Gasteiger partial charge in [0.1, 0.15) is 18.0 Å². The molecule has 1 aromatic heterocycles. The number of hydrogen-bond acceptors (Lipinski definition) is 4. The molecule has 0 aliphatic heterocycles. The standard InChI is InChI=1S/C18H14O4/c1-12(19)13-6-8-14(9-7-13)18(20)21-11-16-10-15-4-2-3-5-17(15)22-16/h2-10H,11H2,1H3. The van der Waals surface area contributed by atoms with Gasteiger partial charge in [-0.2, -0.15) is 0 Å². The van der Waals surface area contributed by atoms with Crippen molar-refractivity contribution in [3.05, 3.63) is 71.5 Å². The van der Waals surface area contributed by atoms with Crippen LogP contribution in [0.15, 0.2) is 59.0 Å². The summed E-state index contributed by atoms with van der Waals surface area (Å²) in [5.74, 6) is 0.104. The van der Waals surface area contributed by atoms with Crippen LogP contribution >= 0.6 is 0 Å². The van der Waals surface area contributed by atoms with Gasteiger partial charge < -0.3 is 9.15 Å². The number of hydrogen-bond donors (Lipinski definition) is 0. The van der Waals surface area contributed by atoms with Crippen LogP contribution in [0.25, 0.3) is 11.0 Å². The van der Waals surface area contributed by atoms with E-state index in [1.54, 1.807) is 24.3 Å². The summed E-state index contributed by atoms with van der Waals surface area (Å²) in [6.07, 6.45) is 0. The van der Waals surface area contributed by atoms with E-state index in [4.69, 9.17) is 9.15 Å². The van der Waals surface area contributed by atoms with E-state index in [0.717, 1.165) is 11.0 Å². The predicted octanol–water partition coefficient (Wildman–Crippen LogP) is 3.99. The van der Waals surface area contributed by atoms with Crippen molar-refractivity contribution in [1.82, 2.24) is 0 Å². The number of benzene rings is 2. The van der Waals surface area contributed by atoms with E-state index in [1.165, 1.54) is 6.92 Å². The SMILES string of the molecule is CC(=O)c1ccc(C(=O)OCc2cc3ccccc3o2)cc1. The van der Waals surface area contributed by atoms with Gasteiger partial charge in [-0.25, -0.2) is 4.79 Å². The molecular formula is C18H14O4. The smallest absolute Gasteiger partial charge is 0.338 e. The number of furan rings is 1. The maximum atomic E-state index is 12.0. The van der Waals surface area contributed by atoms with Crippen molar-refractivity contribution in [2.75, 3.05) is 0 Å².